The molecule has 6 heteroatoms. The van der Waals surface area contributed by atoms with E-state index >= 15 is 0 Å². The lowest BCUT2D eigenvalue weighted by atomic mass is 10.2. The topological polar surface area (TPSA) is 57.7 Å². The maximum atomic E-state index is 9.32. The Bertz CT molecular complexity index is 834. The van der Waals surface area contributed by atoms with Gasteiger partial charge in [-0.2, -0.15) is 5.26 Å². The molecule has 0 atom stereocenters. The Kier molecular flexibility index (Phi) is 4.26. The van der Waals surface area contributed by atoms with Crippen molar-refractivity contribution in [2.45, 2.75) is 6.54 Å². The summed E-state index contributed by atoms with van der Waals surface area (Å²) in [6.45, 7) is 0.648. The van der Waals surface area contributed by atoms with Gasteiger partial charge >= 0.3 is 0 Å². The van der Waals surface area contributed by atoms with Crippen LogP contribution >= 0.6 is 11.6 Å². The molecule has 1 aromatic heterocycles. The molecule has 0 N–H and O–H groups in total. The summed E-state index contributed by atoms with van der Waals surface area (Å²) in [5, 5.41) is 18.7. The molecule has 0 saturated heterocycles. The lowest BCUT2D eigenvalue weighted by molar-refractivity contribution is 0.742. The SMILES string of the molecule is CN(Cc1ccccc1)c1nn(-c2ccc(Cl)cc2)nc1C#N. The molecule has 23 heavy (non-hydrogen) atoms. The van der Waals surface area contributed by atoms with Crippen molar-refractivity contribution in [1.29, 1.82) is 5.26 Å². The second-order valence-corrected chi connectivity index (χ2v) is 5.53. The second-order valence-electron chi connectivity index (χ2n) is 5.09. The van der Waals surface area contributed by atoms with Gasteiger partial charge in [0.25, 0.3) is 0 Å². The van der Waals surface area contributed by atoms with Gasteiger partial charge in [-0.05, 0) is 29.8 Å². The quantitative estimate of drug-likeness (QED) is 0.738. The van der Waals surface area contributed by atoms with Gasteiger partial charge in [-0.3, -0.25) is 0 Å². The summed E-state index contributed by atoms with van der Waals surface area (Å²) in [6, 6.07) is 19.3. The fourth-order valence-electron chi connectivity index (χ4n) is 2.25. The van der Waals surface area contributed by atoms with Crippen LogP contribution in [-0.4, -0.2) is 22.0 Å². The molecule has 0 radical (unpaired) electrons. The molecule has 0 aliphatic rings. The zero-order chi connectivity index (χ0) is 16.2. The van der Waals surface area contributed by atoms with Crippen LogP contribution in [0.1, 0.15) is 11.3 Å². The Morgan fingerprint density at radius 3 is 2.43 bits per heavy atom. The molecule has 0 spiro atoms. The van der Waals surface area contributed by atoms with E-state index in [-0.39, 0.29) is 0 Å². The molecule has 0 saturated carbocycles. The van der Waals surface area contributed by atoms with Gasteiger partial charge < -0.3 is 4.90 Å². The van der Waals surface area contributed by atoms with E-state index in [0.29, 0.717) is 23.1 Å². The Hall–Kier alpha value is -2.84. The number of hydrogen-bond acceptors (Lipinski definition) is 4. The predicted molar refractivity (Wildman–Crippen MR) is 89.6 cm³/mol. The van der Waals surface area contributed by atoms with Crippen molar-refractivity contribution in [2.75, 3.05) is 11.9 Å². The van der Waals surface area contributed by atoms with Crippen LogP contribution in [0.15, 0.2) is 54.6 Å². The summed E-state index contributed by atoms with van der Waals surface area (Å²) in [5.74, 6) is 0.548. The highest BCUT2D eigenvalue weighted by Crippen LogP contribution is 2.19. The minimum atomic E-state index is 0.290. The first-order valence-electron chi connectivity index (χ1n) is 7.06. The van der Waals surface area contributed by atoms with E-state index in [0.717, 1.165) is 11.3 Å². The highest BCUT2D eigenvalue weighted by atomic mass is 35.5. The van der Waals surface area contributed by atoms with Gasteiger partial charge in [0.1, 0.15) is 6.07 Å². The highest BCUT2D eigenvalue weighted by molar-refractivity contribution is 6.30. The molecule has 114 valence electrons. The fourth-order valence-corrected chi connectivity index (χ4v) is 2.38. The summed E-state index contributed by atoms with van der Waals surface area (Å²) in [7, 11) is 1.89. The van der Waals surface area contributed by atoms with E-state index in [2.05, 4.69) is 16.3 Å². The lowest BCUT2D eigenvalue weighted by Gasteiger charge is -2.15. The molecule has 0 amide bonds. The minimum absolute atomic E-state index is 0.290. The normalized spacial score (nSPS) is 10.3. The number of aromatic nitrogens is 3. The van der Waals surface area contributed by atoms with Gasteiger partial charge in [0.05, 0.1) is 5.69 Å². The van der Waals surface area contributed by atoms with Crippen LogP contribution in [0.3, 0.4) is 0 Å². The van der Waals surface area contributed by atoms with Crippen LogP contribution in [0.2, 0.25) is 5.02 Å². The van der Waals surface area contributed by atoms with E-state index < -0.39 is 0 Å². The first-order valence-corrected chi connectivity index (χ1v) is 7.43. The van der Waals surface area contributed by atoms with Gasteiger partial charge in [-0.15, -0.1) is 15.0 Å². The molecule has 2 aromatic carbocycles. The number of nitrogens with zero attached hydrogens (tertiary/aromatic N) is 5. The van der Waals surface area contributed by atoms with Crippen LogP contribution < -0.4 is 4.90 Å². The van der Waals surface area contributed by atoms with Crippen molar-refractivity contribution in [3.8, 4) is 11.8 Å². The molecule has 3 rings (SSSR count). The number of anilines is 1. The molecule has 0 bridgehead atoms. The Balaban J connectivity index is 1.90. The standard InChI is InChI=1S/C17H14ClN5/c1-22(12-13-5-3-2-4-6-13)17-16(11-19)20-23(21-17)15-9-7-14(18)8-10-15/h2-10H,12H2,1H3. The Morgan fingerprint density at radius 1 is 1.09 bits per heavy atom. The highest BCUT2D eigenvalue weighted by Gasteiger charge is 2.16. The molecule has 0 aliphatic carbocycles. The average Bonchev–Trinajstić information content (AvgIpc) is 3.01. The third-order valence-corrected chi connectivity index (χ3v) is 3.64. The molecular weight excluding hydrogens is 310 g/mol. The molecule has 5 nitrogen and oxygen atoms in total. The minimum Gasteiger partial charge on any atom is -0.351 e. The van der Waals surface area contributed by atoms with E-state index in [4.69, 9.17) is 11.6 Å². The zero-order valence-electron chi connectivity index (χ0n) is 12.5. The molecule has 0 unspecified atom stereocenters. The van der Waals surface area contributed by atoms with Crippen molar-refractivity contribution >= 4 is 17.4 Å². The maximum absolute atomic E-state index is 9.32. The Morgan fingerprint density at radius 2 is 1.78 bits per heavy atom. The fraction of sp³-hybridized carbons (Fsp3) is 0.118. The van der Waals surface area contributed by atoms with Gasteiger partial charge in [0.15, 0.2) is 5.82 Å². The van der Waals surface area contributed by atoms with Gasteiger partial charge in [0.2, 0.25) is 5.69 Å². The lowest BCUT2D eigenvalue weighted by Crippen LogP contribution is -2.18. The van der Waals surface area contributed by atoms with E-state index in [1.165, 1.54) is 4.80 Å². The van der Waals surface area contributed by atoms with Crippen molar-refractivity contribution in [2.24, 2.45) is 0 Å². The van der Waals surface area contributed by atoms with Gasteiger partial charge in [-0.1, -0.05) is 41.9 Å². The predicted octanol–water partition coefficient (Wildman–Crippen LogP) is 3.43. The number of benzene rings is 2. The van der Waals surface area contributed by atoms with Crippen molar-refractivity contribution < 1.29 is 0 Å². The maximum Gasteiger partial charge on any atom is 0.207 e. The van der Waals surface area contributed by atoms with Crippen LogP contribution in [0.25, 0.3) is 5.69 Å². The summed E-state index contributed by atoms with van der Waals surface area (Å²) in [6.07, 6.45) is 0. The molecular formula is C17H14ClN5. The summed E-state index contributed by atoms with van der Waals surface area (Å²) in [4.78, 5) is 3.36. The monoisotopic (exact) mass is 323 g/mol. The average molecular weight is 324 g/mol. The summed E-state index contributed by atoms with van der Waals surface area (Å²) >= 11 is 5.89. The molecule has 0 fully saturated rings. The molecule has 0 aliphatic heterocycles. The number of rotatable bonds is 4. The summed E-state index contributed by atoms with van der Waals surface area (Å²) < 4.78 is 0. The number of nitriles is 1. The summed E-state index contributed by atoms with van der Waals surface area (Å²) in [5.41, 5.74) is 2.18. The smallest absolute Gasteiger partial charge is 0.207 e. The second kappa shape index (κ2) is 6.51. The first-order chi connectivity index (χ1) is 11.2. The van der Waals surface area contributed by atoms with Crippen LogP contribution in [0.4, 0.5) is 5.82 Å². The number of halogens is 1. The number of hydrogen-bond donors (Lipinski definition) is 0. The zero-order valence-corrected chi connectivity index (χ0v) is 13.3. The van der Waals surface area contributed by atoms with Gasteiger partial charge in [-0.25, -0.2) is 0 Å². The van der Waals surface area contributed by atoms with Crippen molar-refractivity contribution in [1.82, 2.24) is 15.0 Å². The Labute approximate surface area is 139 Å². The van der Waals surface area contributed by atoms with Gasteiger partial charge in [0, 0.05) is 18.6 Å². The van der Waals surface area contributed by atoms with Crippen molar-refractivity contribution in [3.05, 3.63) is 70.9 Å². The van der Waals surface area contributed by atoms with Crippen LogP contribution in [0, 0.1) is 11.3 Å². The molecule has 3 aromatic rings. The van der Waals surface area contributed by atoms with Crippen LogP contribution in [-0.2, 0) is 6.54 Å². The van der Waals surface area contributed by atoms with E-state index in [9.17, 15) is 5.26 Å². The largest absolute Gasteiger partial charge is 0.351 e. The van der Waals surface area contributed by atoms with E-state index in [1.54, 1.807) is 12.1 Å². The first kappa shape index (κ1) is 15.1. The van der Waals surface area contributed by atoms with Crippen molar-refractivity contribution in [3.63, 3.8) is 0 Å². The third kappa shape index (κ3) is 3.33. The third-order valence-electron chi connectivity index (χ3n) is 3.38. The molecule has 1 heterocycles. The van der Waals surface area contributed by atoms with E-state index in [1.807, 2.05) is 54.4 Å². The van der Waals surface area contributed by atoms with Crippen LogP contribution in [0.5, 0.6) is 0 Å².